The number of benzene rings is 1. The summed E-state index contributed by atoms with van der Waals surface area (Å²) in [6, 6.07) is 7.66. The Morgan fingerprint density at radius 2 is 1.90 bits per heavy atom. The number of carbonyl (C=O) groups is 2. The number of nitrogens with one attached hydrogen (secondary N) is 1. The van der Waals surface area contributed by atoms with Crippen LogP contribution < -0.4 is 5.32 Å². The number of nitrogens with zero attached hydrogens (tertiary/aromatic N) is 2. The van der Waals surface area contributed by atoms with Gasteiger partial charge < -0.3 is 15.1 Å². The molecule has 1 aromatic carbocycles. The zero-order valence-corrected chi connectivity index (χ0v) is 11.5. The zero-order valence-electron chi connectivity index (χ0n) is 11.5. The molecule has 0 spiro atoms. The van der Waals surface area contributed by atoms with E-state index in [1.165, 1.54) is 0 Å². The van der Waals surface area contributed by atoms with Gasteiger partial charge in [-0.05, 0) is 18.1 Å². The first kappa shape index (κ1) is 13.1. The summed E-state index contributed by atoms with van der Waals surface area (Å²) in [4.78, 5) is 28.1. The average Bonchev–Trinajstić information content (AvgIpc) is 2.51. The molecule has 5 heteroatoms. The molecule has 0 bridgehead atoms. The lowest BCUT2D eigenvalue weighted by Gasteiger charge is -2.32. The van der Waals surface area contributed by atoms with E-state index in [1.807, 2.05) is 29.2 Å². The van der Waals surface area contributed by atoms with Crippen molar-refractivity contribution in [3.63, 3.8) is 0 Å². The number of carbonyl (C=O) groups excluding carboxylic acids is 2. The highest BCUT2D eigenvalue weighted by molar-refractivity contribution is 5.98. The fraction of sp³-hybridized carbons (Fsp3) is 0.467. The van der Waals surface area contributed by atoms with Crippen molar-refractivity contribution in [2.45, 2.75) is 6.42 Å². The summed E-state index contributed by atoms with van der Waals surface area (Å²) < 4.78 is 0. The van der Waals surface area contributed by atoms with E-state index >= 15 is 0 Å². The summed E-state index contributed by atoms with van der Waals surface area (Å²) in [5.74, 6) is 0.0366. The molecule has 5 nitrogen and oxygen atoms in total. The molecule has 3 rings (SSSR count). The molecular weight excluding hydrogens is 254 g/mol. The van der Waals surface area contributed by atoms with Gasteiger partial charge >= 0.3 is 0 Å². The van der Waals surface area contributed by atoms with Crippen molar-refractivity contribution in [1.29, 1.82) is 0 Å². The maximum Gasteiger partial charge on any atom is 0.254 e. The summed E-state index contributed by atoms with van der Waals surface area (Å²) in [7, 11) is 0. The molecule has 0 unspecified atom stereocenters. The van der Waals surface area contributed by atoms with Crippen LogP contribution >= 0.6 is 0 Å². The third kappa shape index (κ3) is 2.54. The number of hydrogen-bond donors (Lipinski definition) is 1. The van der Waals surface area contributed by atoms with Gasteiger partial charge in [-0.25, -0.2) is 0 Å². The molecule has 0 aromatic heterocycles. The van der Waals surface area contributed by atoms with Crippen molar-refractivity contribution < 1.29 is 9.59 Å². The number of piperazine rings is 1. The summed E-state index contributed by atoms with van der Waals surface area (Å²) in [6.07, 6.45) is 0.830. The lowest BCUT2D eigenvalue weighted by molar-refractivity contribution is -0.132. The fourth-order valence-corrected chi connectivity index (χ4v) is 2.80. The van der Waals surface area contributed by atoms with Crippen molar-refractivity contribution in [3.05, 3.63) is 35.4 Å². The van der Waals surface area contributed by atoms with E-state index in [0.717, 1.165) is 43.7 Å². The highest BCUT2D eigenvalue weighted by Crippen LogP contribution is 2.18. The van der Waals surface area contributed by atoms with Crippen LogP contribution in [0.25, 0.3) is 0 Å². The smallest absolute Gasteiger partial charge is 0.254 e. The zero-order chi connectivity index (χ0) is 13.9. The first-order chi connectivity index (χ1) is 9.75. The lowest BCUT2D eigenvalue weighted by atomic mass is 9.99. The van der Waals surface area contributed by atoms with Gasteiger partial charge in [-0.3, -0.25) is 9.59 Å². The molecule has 2 heterocycles. The van der Waals surface area contributed by atoms with Gasteiger partial charge in [0.1, 0.15) is 6.54 Å². The highest BCUT2D eigenvalue weighted by Gasteiger charge is 2.27. The second-order valence-corrected chi connectivity index (χ2v) is 5.26. The van der Waals surface area contributed by atoms with Gasteiger partial charge in [-0.1, -0.05) is 18.2 Å². The van der Waals surface area contributed by atoms with Gasteiger partial charge in [0.15, 0.2) is 0 Å². The summed E-state index contributed by atoms with van der Waals surface area (Å²) in [5, 5.41) is 3.22. The van der Waals surface area contributed by atoms with Crippen LogP contribution in [0, 0.1) is 0 Å². The minimum absolute atomic E-state index is 0.0182. The molecule has 106 valence electrons. The lowest BCUT2D eigenvalue weighted by Crippen LogP contribution is -2.51. The first-order valence-corrected chi connectivity index (χ1v) is 7.11. The van der Waals surface area contributed by atoms with Crippen molar-refractivity contribution in [3.8, 4) is 0 Å². The molecule has 0 saturated carbocycles. The number of rotatable bonds is 2. The minimum Gasteiger partial charge on any atom is -0.339 e. The van der Waals surface area contributed by atoms with Gasteiger partial charge in [0.2, 0.25) is 5.91 Å². The summed E-state index contributed by atoms with van der Waals surface area (Å²) in [6.45, 7) is 3.97. The monoisotopic (exact) mass is 273 g/mol. The average molecular weight is 273 g/mol. The molecule has 2 aliphatic heterocycles. The van der Waals surface area contributed by atoms with Crippen molar-refractivity contribution in [2.24, 2.45) is 0 Å². The summed E-state index contributed by atoms with van der Waals surface area (Å²) >= 11 is 0. The van der Waals surface area contributed by atoms with Crippen LogP contribution in [-0.4, -0.2) is 60.9 Å². The van der Waals surface area contributed by atoms with E-state index in [0.29, 0.717) is 6.54 Å². The number of fused-ring (bicyclic) bond motifs is 1. The Morgan fingerprint density at radius 1 is 1.15 bits per heavy atom. The highest BCUT2D eigenvalue weighted by atomic mass is 16.2. The molecule has 1 aromatic rings. The molecule has 20 heavy (non-hydrogen) atoms. The van der Waals surface area contributed by atoms with Gasteiger partial charge in [0.05, 0.1) is 0 Å². The van der Waals surface area contributed by atoms with Crippen molar-refractivity contribution >= 4 is 11.8 Å². The minimum atomic E-state index is -0.0182. The summed E-state index contributed by atoms with van der Waals surface area (Å²) in [5.41, 5.74) is 1.83. The van der Waals surface area contributed by atoms with Gasteiger partial charge in [0.25, 0.3) is 5.91 Å². The Kier molecular flexibility index (Phi) is 3.69. The third-order valence-corrected chi connectivity index (χ3v) is 3.98. The molecule has 0 radical (unpaired) electrons. The number of amides is 2. The van der Waals surface area contributed by atoms with Crippen LogP contribution in [0.1, 0.15) is 15.9 Å². The van der Waals surface area contributed by atoms with Crippen molar-refractivity contribution in [1.82, 2.24) is 15.1 Å². The molecule has 0 atom stereocenters. The number of hydrogen-bond acceptors (Lipinski definition) is 3. The second kappa shape index (κ2) is 5.63. The quantitative estimate of drug-likeness (QED) is 0.832. The molecule has 1 N–H and O–H groups in total. The Hall–Kier alpha value is -1.88. The van der Waals surface area contributed by atoms with Crippen LogP contribution in [0.15, 0.2) is 24.3 Å². The molecular formula is C15H19N3O2. The Morgan fingerprint density at radius 3 is 2.70 bits per heavy atom. The first-order valence-electron chi connectivity index (χ1n) is 7.11. The molecule has 2 amide bonds. The van der Waals surface area contributed by atoms with Crippen molar-refractivity contribution in [2.75, 3.05) is 39.3 Å². The molecule has 1 saturated heterocycles. The van der Waals surface area contributed by atoms with Crippen LogP contribution in [-0.2, 0) is 11.2 Å². The normalized spacial score (nSPS) is 18.9. The maximum atomic E-state index is 12.4. The van der Waals surface area contributed by atoms with E-state index in [-0.39, 0.29) is 18.4 Å². The SMILES string of the molecule is O=C(CN1CCc2ccccc2C1=O)N1CCNCC1. The predicted molar refractivity (Wildman–Crippen MR) is 75.5 cm³/mol. The topological polar surface area (TPSA) is 52.7 Å². The Labute approximate surface area is 118 Å². The van der Waals surface area contributed by atoms with E-state index < -0.39 is 0 Å². The second-order valence-electron chi connectivity index (χ2n) is 5.26. The van der Waals surface area contributed by atoms with E-state index in [1.54, 1.807) is 4.90 Å². The fourth-order valence-electron chi connectivity index (χ4n) is 2.80. The maximum absolute atomic E-state index is 12.4. The van der Waals surface area contributed by atoms with Crippen LogP contribution in [0.5, 0.6) is 0 Å². The van der Waals surface area contributed by atoms with E-state index in [4.69, 9.17) is 0 Å². The van der Waals surface area contributed by atoms with Gasteiger partial charge in [-0.2, -0.15) is 0 Å². The van der Waals surface area contributed by atoms with Gasteiger partial charge in [0, 0.05) is 38.3 Å². The van der Waals surface area contributed by atoms with Crippen LogP contribution in [0.3, 0.4) is 0 Å². The van der Waals surface area contributed by atoms with Gasteiger partial charge in [-0.15, -0.1) is 0 Å². The third-order valence-electron chi connectivity index (χ3n) is 3.98. The Bertz CT molecular complexity index is 524. The molecule has 0 aliphatic carbocycles. The molecule has 2 aliphatic rings. The van der Waals surface area contributed by atoms with E-state index in [2.05, 4.69) is 5.32 Å². The standard InChI is InChI=1S/C15H19N3O2/c19-14(17-9-6-16-7-10-17)11-18-8-5-12-3-1-2-4-13(12)15(18)20/h1-4,16H,5-11H2. The molecule has 1 fully saturated rings. The Balaban J connectivity index is 1.67. The van der Waals surface area contributed by atoms with E-state index in [9.17, 15) is 9.59 Å². The van der Waals surface area contributed by atoms with Crippen LogP contribution in [0.2, 0.25) is 0 Å². The largest absolute Gasteiger partial charge is 0.339 e. The van der Waals surface area contributed by atoms with Crippen LogP contribution in [0.4, 0.5) is 0 Å². The predicted octanol–water partition coefficient (Wildman–Crippen LogP) is 0.117.